The minimum absolute atomic E-state index is 0.203. The number of hydrogen-bond acceptors (Lipinski definition) is 6. The molecule has 0 saturated heterocycles. The van der Waals surface area contributed by atoms with E-state index >= 15 is 0 Å². The Kier molecular flexibility index (Phi) is 3.67. The number of nitrogens with one attached hydrogen (secondary N) is 1. The summed E-state index contributed by atoms with van der Waals surface area (Å²) in [6.45, 7) is 0. The average Bonchev–Trinajstić information content (AvgIpc) is 2.43. The maximum Gasteiger partial charge on any atom is 0.266 e. The molecule has 3 heterocycles. The van der Waals surface area contributed by atoms with Gasteiger partial charge < -0.3 is 16.5 Å². The van der Waals surface area contributed by atoms with Crippen LogP contribution in [0.3, 0.4) is 0 Å². The number of aromatic nitrogens is 4. The first-order valence-electron chi connectivity index (χ1n) is 5.43. The standard InChI is InChI=1S/C7H5N3O.C5H7N3/c11-6-4-9-7-5(10-6)2-1-3-8-7;6-4-2-1-3-8-5(4)7/h1-4H,(H,10,11);1-3H,6H2,(H2,7,8). The van der Waals surface area contributed by atoms with Crippen LogP contribution in [0.15, 0.2) is 47.7 Å². The van der Waals surface area contributed by atoms with Crippen LogP contribution in [-0.2, 0) is 0 Å². The Morgan fingerprint density at radius 1 is 1.00 bits per heavy atom. The van der Waals surface area contributed by atoms with Crippen molar-refractivity contribution in [2.24, 2.45) is 0 Å². The molecule has 0 aliphatic carbocycles. The Hall–Kier alpha value is -2.96. The third-order valence-corrected chi connectivity index (χ3v) is 2.22. The number of H-pyrrole nitrogens is 1. The zero-order valence-corrected chi connectivity index (χ0v) is 9.95. The molecule has 0 aliphatic heterocycles. The van der Waals surface area contributed by atoms with Crippen molar-refractivity contribution < 1.29 is 0 Å². The molecule has 0 bridgehead atoms. The molecule has 0 saturated carbocycles. The third-order valence-electron chi connectivity index (χ3n) is 2.22. The molecule has 3 aromatic rings. The van der Waals surface area contributed by atoms with Crippen LogP contribution < -0.4 is 17.0 Å². The molecular weight excluding hydrogens is 244 g/mol. The number of nitrogens with zero attached hydrogens (tertiary/aromatic N) is 3. The number of anilines is 2. The smallest absolute Gasteiger partial charge is 0.266 e. The molecular formula is C12H12N6O. The number of aromatic amines is 1. The van der Waals surface area contributed by atoms with Crippen molar-refractivity contribution in [1.82, 2.24) is 19.9 Å². The Balaban J connectivity index is 0.000000148. The Morgan fingerprint density at radius 3 is 2.42 bits per heavy atom. The zero-order chi connectivity index (χ0) is 13.7. The Bertz CT molecular complexity index is 718. The van der Waals surface area contributed by atoms with Gasteiger partial charge in [0.15, 0.2) is 5.65 Å². The van der Waals surface area contributed by atoms with Crippen molar-refractivity contribution in [1.29, 1.82) is 0 Å². The van der Waals surface area contributed by atoms with Crippen molar-refractivity contribution in [3.8, 4) is 0 Å². The number of pyridine rings is 2. The second kappa shape index (κ2) is 5.58. The fourth-order valence-corrected chi connectivity index (χ4v) is 1.31. The minimum atomic E-state index is -0.203. The molecule has 0 amide bonds. The molecule has 3 aromatic heterocycles. The van der Waals surface area contributed by atoms with Gasteiger partial charge in [0.1, 0.15) is 5.82 Å². The summed E-state index contributed by atoms with van der Waals surface area (Å²) < 4.78 is 0. The first-order valence-corrected chi connectivity index (χ1v) is 5.43. The van der Waals surface area contributed by atoms with E-state index < -0.39 is 0 Å². The lowest BCUT2D eigenvalue weighted by Gasteiger charge is -1.92. The van der Waals surface area contributed by atoms with E-state index in [-0.39, 0.29) is 5.56 Å². The van der Waals surface area contributed by atoms with Crippen molar-refractivity contribution in [2.75, 3.05) is 11.5 Å². The van der Waals surface area contributed by atoms with Crippen LogP contribution in [0.4, 0.5) is 11.5 Å². The van der Waals surface area contributed by atoms with Gasteiger partial charge in [0.25, 0.3) is 5.56 Å². The van der Waals surface area contributed by atoms with E-state index in [0.29, 0.717) is 22.7 Å². The van der Waals surface area contributed by atoms with Crippen LogP contribution in [0.25, 0.3) is 11.2 Å². The van der Waals surface area contributed by atoms with Crippen LogP contribution >= 0.6 is 0 Å². The molecule has 96 valence electrons. The summed E-state index contributed by atoms with van der Waals surface area (Å²) in [5.74, 6) is 0.396. The van der Waals surface area contributed by atoms with E-state index in [1.807, 2.05) is 0 Å². The molecule has 0 fully saturated rings. The van der Waals surface area contributed by atoms with Crippen molar-refractivity contribution in [3.63, 3.8) is 0 Å². The third kappa shape index (κ3) is 3.25. The quantitative estimate of drug-likeness (QED) is 0.540. The highest BCUT2D eigenvalue weighted by atomic mass is 16.1. The first kappa shape index (κ1) is 12.5. The lowest BCUT2D eigenvalue weighted by atomic mass is 10.4. The predicted molar refractivity (Wildman–Crippen MR) is 73.2 cm³/mol. The summed E-state index contributed by atoms with van der Waals surface area (Å²) in [7, 11) is 0. The lowest BCUT2D eigenvalue weighted by Crippen LogP contribution is -2.05. The summed E-state index contributed by atoms with van der Waals surface area (Å²) in [5, 5.41) is 0. The maximum absolute atomic E-state index is 10.7. The van der Waals surface area contributed by atoms with Gasteiger partial charge in [0.2, 0.25) is 0 Å². The summed E-state index contributed by atoms with van der Waals surface area (Å²) >= 11 is 0. The highest BCUT2D eigenvalue weighted by molar-refractivity contribution is 5.67. The topological polar surface area (TPSA) is 124 Å². The van der Waals surface area contributed by atoms with Gasteiger partial charge in [-0.25, -0.2) is 15.0 Å². The molecule has 0 radical (unpaired) electrons. The van der Waals surface area contributed by atoms with Gasteiger partial charge in [0.05, 0.1) is 17.4 Å². The van der Waals surface area contributed by atoms with Gasteiger partial charge in [-0.2, -0.15) is 0 Å². The van der Waals surface area contributed by atoms with Gasteiger partial charge in [-0.3, -0.25) is 4.79 Å². The van der Waals surface area contributed by atoms with Crippen LogP contribution in [0.2, 0.25) is 0 Å². The summed E-state index contributed by atoms with van der Waals surface area (Å²) in [4.78, 5) is 24.8. The maximum atomic E-state index is 10.7. The van der Waals surface area contributed by atoms with E-state index in [9.17, 15) is 4.79 Å². The van der Waals surface area contributed by atoms with Crippen LogP contribution in [0.1, 0.15) is 0 Å². The van der Waals surface area contributed by atoms with Gasteiger partial charge in [0, 0.05) is 12.4 Å². The molecule has 0 aliphatic rings. The molecule has 0 aromatic carbocycles. The SMILES string of the molecule is Nc1cccnc1N.O=c1cnc2ncccc2[nH]1. The van der Waals surface area contributed by atoms with Crippen LogP contribution in [-0.4, -0.2) is 19.9 Å². The number of rotatable bonds is 0. The van der Waals surface area contributed by atoms with Crippen LogP contribution in [0.5, 0.6) is 0 Å². The molecule has 7 heteroatoms. The predicted octanol–water partition coefficient (Wildman–Crippen LogP) is 0.564. The minimum Gasteiger partial charge on any atom is -0.396 e. The van der Waals surface area contributed by atoms with E-state index in [0.717, 1.165) is 0 Å². The largest absolute Gasteiger partial charge is 0.396 e. The molecule has 0 atom stereocenters. The number of nitrogen functional groups attached to an aromatic ring is 2. The normalized spacial score (nSPS) is 9.68. The number of fused-ring (bicyclic) bond motifs is 1. The van der Waals surface area contributed by atoms with Crippen LogP contribution in [0, 0.1) is 0 Å². The van der Waals surface area contributed by atoms with Gasteiger partial charge in [-0.05, 0) is 24.3 Å². The highest BCUT2D eigenvalue weighted by Crippen LogP contribution is 2.06. The fraction of sp³-hybridized carbons (Fsp3) is 0. The molecule has 0 spiro atoms. The van der Waals surface area contributed by atoms with E-state index in [4.69, 9.17) is 11.5 Å². The van der Waals surface area contributed by atoms with Gasteiger partial charge >= 0.3 is 0 Å². The second-order valence-corrected chi connectivity index (χ2v) is 3.60. The fourth-order valence-electron chi connectivity index (χ4n) is 1.31. The number of nitrogens with two attached hydrogens (primary N) is 2. The lowest BCUT2D eigenvalue weighted by molar-refractivity contribution is 1.17. The Labute approximate surface area is 108 Å². The Morgan fingerprint density at radius 2 is 1.74 bits per heavy atom. The summed E-state index contributed by atoms with van der Waals surface area (Å²) in [6, 6.07) is 6.96. The molecule has 5 N–H and O–H groups in total. The van der Waals surface area contributed by atoms with Crippen molar-refractivity contribution in [2.45, 2.75) is 0 Å². The summed E-state index contributed by atoms with van der Waals surface area (Å²) in [6.07, 6.45) is 4.45. The van der Waals surface area contributed by atoms with E-state index in [1.165, 1.54) is 6.20 Å². The van der Waals surface area contributed by atoms with Gasteiger partial charge in [-0.15, -0.1) is 0 Å². The molecule has 7 nitrogen and oxygen atoms in total. The highest BCUT2D eigenvalue weighted by Gasteiger charge is 1.92. The van der Waals surface area contributed by atoms with E-state index in [1.54, 1.807) is 36.7 Å². The molecule has 19 heavy (non-hydrogen) atoms. The second-order valence-electron chi connectivity index (χ2n) is 3.60. The number of hydrogen-bond donors (Lipinski definition) is 3. The molecule has 0 unspecified atom stereocenters. The first-order chi connectivity index (χ1) is 9.16. The average molecular weight is 256 g/mol. The van der Waals surface area contributed by atoms with Gasteiger partial charge in [-0.1, -0.05) is 0 Å². The summed E-state index contributed by atoms with van der Waals surface area (Å²) in [5.41, 5.74) is 12.2. The molecule has 3 rings (SSSR count). The van der Waals surface area contributed by atoms with Crippen molar-refractivity contribution >= 4 is 22.7 Å². The van der Waals surface area contributed by atoms with Crippen molar-refractivity contribution in [3.05, 3.63) is 53.2 Å². The van der Waals surface area contributed by atoms with E-state index in [2.05, 4.69) is 19.9 Å². The monoisotopic (exact) mass is 256 g/mol. The zero-order valence-electron chi connectivity index (χ0n) is 9.95.